The molecule has 80 valence electrons. The number of likely N-dealkylation sites (tertiary alicyclic amines) is 1. The molecule has 0 aliphatic carbocycles. The Morgan fingerprint density at radius 3 is 2.67 bits per heavy atom. The predicted molar refractivity (Wildman–Crippen MR) is 64.3 cm³/mol. The Labute approximate surface area is 102 Å². The molecule has 1 fully saturated rings. The smallest absolute Gasteiger partial charge is 0.255 e. The summed E-state index contributed by atoms with van der Waals surface area (Å²) in [4.78, 5) is 13.8. The second-order valence-electron chi connectivity index (χ2n) is 3.62. The maximum atomic E-state index is 13.0. The molecule has 1 aliphatic heterocycles. The van der Waals surface area contributed by atoms with Gasteiger partial charge in [-0.25, -0.2) is 4.39 Å². The van der Waals surface area contributed by atoms with Crippen LogP contribution in [0.15, 0.2) is 18.2 Å². The Kier molecular flexibility index (Phi) is 3.23. The van der Waals surface area contributed by atoms with Gasteiger partial charge in [0.2, 0.25) is 0 Å². The molecule has 2 nitrogen and oxygen atoms in total. The SMILES string of the molecule is O=C(c1cc(F)ccc1I)N1CCCC1. The highest BCUT2D eigenvalue weighted by molar-refractivity contribution is 14.1. The number of benzene rings is 1. The number of rotatable bonds is 1. The molecule has 2 rings (SSSR count). The van der Waals surface area contributed by atoms with Crippen LogP contribution >= 0.6 is 22.6 Å². The third-order valence-electron chi connectivity index (χ3n) is 2.55. The number of hydrogen-bond donors (Lipinski definition) is 0. The molecule has 0 aromatic heterocycles. The van der Waals surface area contributed by atoms with E-state index in [9.17, 15) is 9.18 Å². The van der Waals surface area contributed by atoms with Crippen LogP contribution in [0.1, 0.15) is 23.2 Å². The third-order valence-corrected chi connectivity index (χ3v) is 3.49. The molecule has 0 atom stereocenters. The molecular weight excluding hydrogens is 308 g/mol. The van der Waals surface area contributed by atoms with E-state index in [4.69, 9.17) is 0 Å². The monoisotopic (exact) mass is 319 g/mol. The first-order chi connectivity index (χ1) is 7.18. The second-order valence-corrected chi connectivity index (χ2v) is 4.79. The molecule has 0 unspecified atom stereocenters. The second kappa shape index (κ2) is 4.47. The summed E-state index contributed by atoms with van der Waals surface area (Å²) in [6.07, 6.45) is 2.11. The topological polar surface area (TPSA) is 20.3 Å². The van der Waals surface area contributed by atoms with E-state index in [0.717, 1.165) is 29.5 Å². The molecule has 15 heavy (non-hydrogen) atoms. The van der Waals surface area contributed by atoms with Gasteiger partial charge in [0.25, 0.3) is 5.91 Å². The average molecular weight is 319 g/mol. The molecule has 1 aliphatic rings. The van der Waals surface area contributed by atoms with Crippen molar-refractivity contribution in [3.05, 3.63) is 33.1 Å². The highest BCUT2D eigenvalue weighted by Crippen LogP contribution is 2.18. The van der Waals surface area contributed by atoms with Gasteiger partial charge in [-0.3, -0.25) is 4.79 Å². The zero-order chi connectivity index (χ0) is 10.8. The van der Waals surface area contributed by atoms with Gasteiger partial charge in [0, 0.05) is 16.7 Å². The summed E-state index contributed by atoms with van der Waals surface area (Å²) in [5.41, 5.74) is 0.484. The first-order valence-corrected chi connectivity index (χ1v) is 6.00. The molecule has 1 saturated heterocycles. The molecule has 1 aromatic carbocycles. The first kappa shape index (κ1) is 10.9. The van der Waals surface area contributed by atoms with Gasteiger partial charge in [0.1, 0.15) is 5.82 Å². The van der Waals surface area contributed by atoms with Crippen molar-refractivity contribution in [2.75, 3.05) is 13.1 Å². The Morgan fingerprint density at radius 2 is 2.00 bits per heavy atom. The lowest BCUT2D eigenvalue weighted by Crippen LogP contribution is -2.28. The fourth-order valence-corrected chi connectivity index (χ4v) is 2.32. The van der Waals surface area contributed by atoms with E-state index >= 15 is 0 Å². The average Bonchev–Trinajstić information content (AvgIpc) is 2.74. The van der Waals surface area contributed by atoms with Crippen LogP contribution < -0.4 is 0 Å². The summed E-state index contributed by atoms with van der Waals surface area (Å²) in [6, 6.07) is 4.34. The van der Waals surface area contributed by atoms with Crippen LogP contribution in [0.5, 0.6) is 0 Å². The van der Waals surface area contributed by atoms with Crippen LogP contribution in [0.4, 0.5) is 4.39 Å². The number of halogens is 2. The highest BCUT2D eigenvalue weighted by Gasteiger charge is 2.21. The van der Waals surface area contributed by atoms with Crippen LogP contribution in [-0.2, 0) is 0 Å². The van der Waals surface area contributed by atoms with Crippen LogP contribution in [-0.4, -0.2) is 23.9 Å². The summed E-state index contributed by atoms with van der Waals surface area (Å²) in [5, 5.41) is 0. The lowest BCUT2D eigenvalue weighted by molar-refractivity contribution is 0.0791. The highest BCUT2D eigenvalue weighted by atomic mass is 127. The molecule has 4 heteroatoms. The molecule has 1 aromatic rings. The summed E-state index contributed by atoms with van der Waals surface area (Å²) >= 11 is 2.06. The minimum atomic E-state index is -0.349. The number of amides is 1. The van der Waals surface area contributed by atoms with E-state index in [0.29, 0.717) is 5.56 Å². The molecular formula is C11H11FINO. The molecule has 0 saturated carbocycles. The van der Waals surface area contributed by atoms with Crippen molar-refractivity contribution in [1.29, 1.82) is 0 Å². The van der Waals surface area contributed by atoms with E-state index in [2.05, 4.69) is 22.6 Å². The van der Waals surface area contributed by atoms with Crippen LogP contribution in [0.2, 0.25) is 0 Å². The van der Waals surface area contributed by atoms with E-state index in [1.54, 1.807) is 11.0 Å². The Morgan fingerprint density at radius 1 is 1.33 bits per heavy atom. The van der Waals surface area contributed by atoms with E-state index in [-0.39, 0.29) is 11.7 Å². The lowest BCUT2D eigenvalue weighted by Gasteiger charge is -2.16. The summed E-state index contributed by atoms with van der Waals surface area (Å²) < 4.78 is 13.8. The predicted octanol–water partition coefficient (Wildman–Crippen LogP) is 2.67. The number of carbonyl (C=O) groups is 1. The van der Waals surface area contributed by atoms with Crippen molar-refractivity contribution in [1.82, 2.24) is 4.90 Å². The van der Waals surface area contributed by atoms with Crippen LogP contribution in [0.3, 0.4) is 0 Å². The fraction of sp³-hybridized carbons (Fsp3) is 0.364. The minimum absolute atomic E-state index is 0.0450. The van der Waals surface area contributed by atoms with Gasteiger partial charge in [0.05, 0.1) is 5.56 Å². The molecule has 0 N–H and O–H groups in total. The van der Waals surface area contributed by atoms with Crippen molar-refractivity contribution in [2.24, 2.45) is 0 Å². The van der Waals surface area contributed by atoms with Crippen molar-refractivity contribution in [2.45, 2.75) is 12.8 Å². The van der Waals surface area contributed by atoms with E-state index in [1.807, 2.05) is 0 Å². The fourth-order valence-electron chi connectivity index (χ4n) is 1.75. The largest absolute Gasteiger partial charge is 0.339 e. The number of hydrogen-bond acceptors (Lipinski definition) is 1. The Bertz CT molecular complexity index is 388. The van der Waals surface area contributed by atoms with Crippen molar-refractivity contribution in [3.8, 4) is 0 Å². The van der Waals surface area contributed by atoms with Gasteiger partial charge in [-0.15, -0.1) is 0 Å². The maximum absolute atomic E-state index is 13.0. The summed E-state index contributed by atoms with van der Waals surface area (Å²) in [6.45, 7) is 1.59. The maximum Gasteiger partial charge on any atom is 0.255 e. The molecule has 1 amide bonds. The van der Waals surface area contributed by atoms with E-state index in [1.165, 1.54) is 12.1 Å². The Hall–Kier alpha value is -0.650. The zero-order valence-corrected chi connectivity index (χ0v) is 10.3. The molecule has 0 spiro atoms. The molecule has 0 bridgehead atoms. The van der Waals surface area contributed by atoms with Crippen molar-refractivity contribution >= 4 is 28.5 Å². The zero-order valence-electron chi connectivity index (χ0n) is 8.17. The number of nitrogens with zero attached hydrogens (tertiary/aromatic N) is 1. The van der Waals surface area contributed by atoms with Gasteiger partial charge in [-0.05, 0) is 53.6 Å². The lowest BCUT2D eigenvalue weighted by atomic mass is 10.2. The van der Waals surface area contributed by atoms with Gasteiger partial charge in [-0.1, -0.05) is 0 Å². The van der Waals surface area contributed by atoms with E-state index < -0.39 is 0 Å². The minimum Gasteiger partial charge on any atom is -0.339 e. The quantitative estimate of drug-likeness (QED) is 0.729. The standard InChI is InChI=1S/C11H11FINO/c12-8-3-4-10(13)9(7-8)11(15)14-5-1-2-6-14/h3-4,7H,1-2,5-6H2. The van der Waals surface area contributed by atoms with Crippen LogP contribution in [0, 0.1) is 9.39 Å². The van der Waals surface area contributed by atoms with Crippen molar-refractivity contribution < 1.29 is 9.18 Å². The van der Waals surface area contributed by atoms with Gasteiger partial charge < -0.3 is 4.90 Å². The van der Waals surface area contributed by atoms with Gasteiger partial charge in [0.15, 0.2) is 0 Å². The summed E-state index contributed by atoms with van der Waals surface area (Å²) in [5.74, 6) is -0.394. The normalized spacial score (nSPS) is 15.7. The van der Waals surface area contributed by atoms with Gasteiger partial charge >= 0.3 is 0 Å². The molecule has 0 radical (unpaired) electrons. The first-order valence-electron chi connectivity index (χ1n) is 4.93. The van der Waals surface area contributed by atoms with Gasteiger partial charge in [-0.2, -0.15) is 0 Å². The third kappa shape index (κ3) is 2.30. The number of carbonyl (C=O) groups excluding carboxylic acids is 1. The Balaban J connectivity index is 2.27. The summed E-state index contributed by atoms with van der Waals surface area (Å²) in [7, 11) is 0. The van der Waals surface area contributed by atoms with Crippen molar-refractivity contribution in [3.63, 3.8) is 0 Å². The molecule has 1 heterocycles. The van der Waals surface area contributed by atoms with Crippen LogP contribution in [0.25, 0.3) is 0 Å².